The molecule has 0 unspecified atom stereocenters. The van der Waals surface area contributed by atoms with Gasteiger partial charge in [0, 0.05) is 35.6 Å². The van der Waals surface area contributed by atoms with Crippen LogP contribution in [0.25, 0.3) is 17.2 Å². The van der Waals surface area contributed by atoms with Crippen molar-refractivity contribution in [1.29, 1.82) is 5.26 Å². The number of allylic oxidation sites excluding steroid dienone is 1. The number of nitrogens with zero attached hydrogens (tertiary/aromatic N) is 3. The number of ether oxygens (including phenoxy) is 2. The quantitative estimate of drug-likeness (QED) is 0.479. The second-order valence-electron chi connectivity index (χ2n) is 12.8. The van der Waals surface area contributed by atoms with Gasteiger partial charge in [0.05, 0.1) is 30.4 Å². The van der Waals surface area contributed by atoms with Gasteiger partial charge >= 0.3 is 12.1 Å². The minimum atomic E-state index is -3.30. The third-order valence-electron chi connectivity index (χ3n) is 8.93. The molecule has 0 radical (unpaired) electrons. The molecule has 1 amide bonds. The molecule has 42 heavy (non-hydrogen) atoms. The average molecular weight is 580 g/mol. The van der Waals surface area contributed by atoms with E-state index in [2.05, 4.69) is 11.1 Å². The molecule has 1 N–H and O–H groups in total. The SMILES string of the molecule is C[C@H]1OC(=O)[C@]2(C3(O)CN(C(=O)OC(C)(C)C)C3)CC(F)(F)[C@@H](C)[C@H](/C=C/c3ccc(-c4ccccc4C#N)cn3)[C@H]12. The normalized spacial score (nSPS) is 29.8. The van der Waals surface area contributed by atoms with Crippen molar-refractivity contribution in [2.75, 3.05) is 13.1 Å². The first kappa shape index (κ1) is 29.6. The molecule has 5 rings (SSSR count). The Labute approximate surface area is 243 Å². The fourth-order valence-electron chi connectivity index (χ4n) is 6.82. The van der Waals surface area contributed by atoms with Crippen LogP contribution in [-0.4, -0.2) is 63.4 Å². The summed E-state index contributed by atoms with van der Waals surface area (Å²) in [4.78, 5) is 31.7. The molecule has 1 aliphatic carbocycles. The van der Waals surface area contributed by atoms with Gasteiger partial charge in [-0.1, -0.05) is 37.3 Å². The molecule has 1 aromatic carbocycles. The number of likely N-dealkylation sites (tertiary alicyclic amines) is 1. The van der Waals surface area contributed by atoms with Gasteiger partial charge < -0.3 is 19.5 Å². The maximum absolute atomic E-state index is 15.7. The number of hydrogen-bond donors (Lipinski definition) is 1. The van der Waals surface area contributed by atoms with Crippen molar-refractivity contribution in [2.24, 2.45) is 23.2 Å². The maximum Gasteiger partial charge on any atom is 0.410 e. The molecule has 1 saturated carbocycles. The number of hydrogen-bond acceptors (Lipinski definition) is 7. The topological polar surface area (TPSA) is 113 Å². The smallest absolute Gasteiger partial charge is 0.410 e. The Balaban J connectivity index is 1.45. The zero-order valence-electron chi connectivity index (χ0n) is 24.3. The molecule has 8 nitrogen and oxygen atoms in total. The van der Waals surface area contributed by atoms with E-state index in [1.54, 1.807) is 70.3 Å². The van der Waals surface area contributed by atoms with Crippen molar-refractivity contribution < 1.29 is 33.0 Å². The van der Waals surface area contributed by atoms with E-state index < -0.39 is 64.9 Å². The van der Waals surface area contributed by atoms with Crippen LogP contribution >= 0.6 is 0 Å². The van der Waals surface area contributed by atoms with E-state index in [0.717, 1.165) is 11.1 Å². The van der Waals surface area contributed by atoms with Gasteiger partial charge in [0.1, 0.15) is 22.7 Å². The Bertz CT molecular complexity index is 1460. The predicted molar refractivity (Wildman–Crippen MR) is 150 cm³/mol. The third-order valence-corrected chi connectivity index (χ3v) is 8.93. The summed E-state index contributed by atoms with van der Waals surface area (Å²) in [6, 6.07) is 12.8. The molecule has 222 valence electrons. The zero-order chi connectivity index (χ0) is 30.7. The van der Waals surface area contributed by atoms with E-state index in [1.807, 2.05) is 12.1 Å². The van der Waals surface area contributed by atoms with Crippen LogP contribution in [0.4, 0.5) is 13.6 Å². The molecular formula is C32H35F2N3O5. The van der Waals surface area contributed by atoms with Crippen molar-refractivity contribution in [3.05, 3.63) is 59.9 Å². The molecule has 2 saturated heterocycles. The van der Waals surface area contributed by atoms with E-state index in [9.17, 15) is 20.0 Å². The van der Waals surface area contributed by atoms with Gasteiger partial charge in [0.2, 0.25) is 0 Å². The monoisotopic (exact) mass is 579 g/mol. The summed E-state index contributed by atoms with van der Waals surface area (Å²) < 4.78 is 42.4. The largest absolute Gasteiger partial charge is 0.462 e. The first-order valence-electron chi connectivity index (χ1n) is 14.0. The fourth-order valence-corrected chi connectivity index (χ4v) is 6.82. The Kier molecular flexibility index (Phi) is 7.17. The van der Waals surface area contributed by atoms with Crippen LogP contribution in [0.15, 0.2) is 48.7 Å². The lowest BCUT2D eigenvalue weighted by Gasteiger charge is -2.59. The highest BCUT2D eigenvalue weighted by molar-refractivity contribution is 5.83. The van der Waals surface area contributed by atoms with E-state index in [1.165, 1.54) is 11.8 Å². The molecule has 0 spiro atoms. The summed E-state index contributed by atoms with van der Waals surface area (Å²) in [6.07, 6.45) is 2.60. The highest BCUT2D eigenvalue weighted by Gasteiger charge is 2.77. The summed E-state index contributed by atoms with van der Waals surface area (Å²) in [5.74, 6) is -6.92. The second-order valence-corrected chi connectivity index (χ2v) is 12.8. The van der Waals surface area contributed by atoms with Gasteiger partial charge in [-0.2, -0.15) is 5.26 Å². The van der Waals surface area contributed by atoms with Gasteiger partial charge in [-0.25, -0.2) is 13.6 Å². The van der Waals surface area contributed by atoms with Crippen molar-refractivity contribution in [2.45, 2.75) is 64.3 Å². The average Bonchev–Trinajstić information content (AvgIpc) is 3.15. The third kappa shape index (κ3) is 4.83. The Hall–Kier alpha value is -3.84. The second kappa shape index (κ2) is 10.2. The maximum atomic E-state index is 15.7. The van der Waals surface area contributed by atoms with Crippen LogP contribution in [-0.2, 0) is 14.3 Å². The highest BCUT2D eigenvalue weighted by atomic mass is 19.3. The van der Waals surface area contributed by atoms with Crippen LogP contribution in [0, 0.1) is 34.5 Å². The van der Waals surface area contributed by atoms with Gasteiger partial charge in [-0.15, -0.1) is 0 Å². The number of benzene rings is 1. The lowest BCUT2D eigenvalue weighted by molar-refractivity contribution is -0.244. The number of fused-ring (bicyclic) bond motifs is 1. The standard InChI is InChI=1S/C32H35F2N3O5/c1-19-24(13-12-23-11-10-22(15-36-23)25-9-7-6-8-21(25)14-35)26-20(2)41-27(38)31(26,16-32(19,33)34)30(40)17-37(18-30)28(39)42-29(3,4)5/h6-13,15,19-20,24,26,40H,16-18H2,1-5H3/b13-12+/t19-,20+,24-,26-,31-/m0/s1. The minimum Gasteiger partial charge on any atom is -0.462 e. The zero-order valence-corrected chi connectivity index (χ0v) is 24.3. The van der Waals surface area contributed by atoms with Crippen LogP contribution in [0.1, 0.15) is 52.3 Å². The number of rotatable bonds is 4. The molecule has 2 aromatic rings. The molecule has 10 heteroatoms. The number of alkyl halides is 2. The molecule has 2 aliphatic heterocycles. The van der Waals surface area contributed by atoms with Crippen molar-refractivity contribution >= 4 is 18.1 Å². The van der Waals surface area contributed by atoms with Gasteiger partial charge in [-0.3, -0.25) is 9.78 Å². The number of esters is 1. The number of nitriles is 1. The number of pyridine rings is 1. The first-order valence-corrected chi connectivity index (χ1v) is 14.0. The molecule has 5 atom stereocenters. The number of amides is 1. The lowest BCUT2D eigenvalue weighted by atomic mass is 9.49. The summed E-state index contributed by atoms with van der Waals surface area (Å²) in [5.41, 5.74) is -2.09. The molecular weight excluding hydrogens is 544 g/mol. The fraction of sp³-hybridized carbons (Fsp3) is 0.500. The number of halogens is 2. The highest BCUT2D eigenvalue weighted by Crippen LogP contribution is 2.64. The first-order chi connectivity index (χ1) is 19.6. The van der Waals surface area contributed by atoms with Crippen LogP contribution in [0.2, 0.25) is 0 Å². The van der Waals surface area contributed by atoms with Crippen molar-refractivity contribution in [3.63, 3.8) is 0 Å². The summed E-state index contributed by atoms with van der Waals surface area (Å²) >= 11 is 0. The van der Waals surface area contributed by atoms with Crippen LogP contribution < -0.4 is 0 Å². The van der Waals surface area contributed by atoms with Crippen LogP contribution in [0.5, 0.6) is 0 Å². The molecule has 1 aromatic heterocycles. The Morgan fingerprint density at radius 3 is 2.52 bits per heavy atom. The van der Waals surface area contributed by atoms with E-state index in [-0.39, 0.29) is 13.1 Å². The number of aliphatic hydroxyl groups is 1. The summed E-state index contributed by atoms with van der Waals surface area (Å²) in [5, 5.41) is 21.2. The van der Waals surface area contributed by atoms with Crippen molar-refractivity contribution in [1.82, 2.24) is 9.88 Å². The molecule has 3 aliphatic rings. The number of cyclic esters (lactones) is 1. The molecule has 3 heterocycles. The molecule has 3 fully saturated rings. The Morgan fingerprint density at radius 1 is 1.21 bits per heavy atom. The number of β-amino-alcohol motifs (C(OH)–C–C–N with tert-alkyl or cyclic N) is 1. The predicted octanol–water partition coefficient (Wildman–Crippen LogP) is 5.45. The number of aromatic nitrogens is 1. The van der Waals surface area contributed by atoms with Gasteiger partial charge in [0.25, 0.3) is 5.92 Å². The minimum absolute atomic E-state index is 0.311. The van der Waals surface area contributed by atoms with E-state index >= 15 is 8.78 Å². The lowest BCUT2D eigenvalue weighted by Crippen LogP contribution is -2.76. The van der Waals surface area contributed by atoms with Gasteiger partial charge in [0.15, 0.2) is 0 Å². The van der Waals surface area contributed by atoms with E-state index in [4.69, 9.17) is 9.47 Å². The molecule has 0 bridgehead atoms. The number of carbonyl (C=O) groups is 2. The van der Waals surface area contributed by atoms with E-state index in [0.29, 0.717) is 11.3 Å². The summed E-state index contributed by atoms with van der Waals surface area (Å²) in [6.45, 7) is 7.60. The Morgan fingerprint density at radius 2 is 1.90 bits per heavy atom. The van der Waals surface area contributed by atoms with Crippen LogP contribution in [0.3, 0.4) is 0 Å². The summed E-state index contributed by atoms with van der Waals surface area (Å²) in [7, 11) is 0. The number of carbonyl (C=O) groups excluding carboxylic acids is 2. The van der Waals surface area contributed by atoms with Gasteiger partial charge in [-0.05, 0) is 51.8 Å². The van der Waals surface area contributed by atoms with Crippen molar-refractivity contribution in [3.8, 4) is 17.2 Å².